The molecule has 1 amide bonds. The van der Waals surface area contributed by atoms with Crippen molar-refractivity contribution < 1.29 is 17.9 Å². The molecule has 2 N–H and O–H groups in total. The molecule has 3 rings (SSSR count). The van der Waals surface area contributed by atoms with E-state index >= 15 is 0 Å². The molecule has 0 saturated heterocycles. The lowest BCUT2D eigenvalue weighted by molar-refractivity contribution is -0.123. The average Bonchev–Trinajstić information content (AvgIpc) is 2.82. The van der Waals surface area contributed by atoms with Crippen LogP contribution in [0.1, 0.15) is 37.4 Å². The molecule has 0 aromatic heterocycles. The largest absolute Gasteiger partial charge is 0.484 e. The van der Waals surface area contributed by atoms with E-state index in [1.807, 2.05) is 74.5 Å². The molecular weight excluding hydrogens is 424 g/mol. The first-order valence-electron chi connectivity index (χ1n) is 10.5. The van der Waals surface area contributed by atoms with Crippen LogP contribution in [0.5, 0.6) is 5.75 Å². The van der Waals surface area contributed by atoms with Crippen molar-refractivity contribution in [3.8, 4) is 5.75 Å². The molecule has 32 heavy (non-hydrogen) atoms. The van der Waals surface area contributed by atoms with Gasteiger partial charge in [0.05, 0.1) is 10.9 Å². The summed E-state index contributed by atoms with van der Waals surface area (Å²) in [6.07, 6.45) is 0.697. The fraction of sp³-hybridized carbons (Fsp3) is 0.240. The van der Waals surface area contributed by atoms with Gasteiger partial charge in [0.2, 0.25) is 10.0 Å². The number of carbonyl (C=O) groups excluding carboxylic acids is 1. The third-order valence-corrected chi connectivity index (χ3v) is 6.65. The average molecular weight is 453 g/mol. The van der Waals surface area contributed by atoms with Gasteiger partial charge in [0.15, 0.2) is 6.61 Å². The molecule has 0 unspecified atom stereocenters. The fourth-order valence-electron chi connectivity index (χ4n) is 3.13. The van der Waals surface area contributed by atoms with E-state index in [2.05, 4.69) is 10.0 Å². The summed E-state index contributed by atoms with van der Waals surface area (Å²) < 4.78 is 32.9. The maximum absolute atomic E-state index is 12.6. The summed E-state index contributed by atoms with van der Waals surface area (Å²) in [5, 5.41) is 3.01. The predicted octanol–water partition coefficient (Wildman–Crippen LogP) is 4.05. The van der Waals surface area contributed by atoms with Crippen LogP contribution in [-0.4, -0.2) is 27.0 Å². The minimum Gasteiger partial charge on any atom is -0.484 e. The van der Waals surface area contributed by atoms with Crippen molar-refractivity contribution in [3.63, 3.8) is 0 Å². The first kappa shape index (κ1) is 23.5. The second kappa shape index (κ2) is 10.9. The van der Waals surface area contributed by atoms with Crippen LogP contribution >= 0.6 is 0 Å². The summed E-state index contributed by atoms with van der Waals surface area (Å²) >= 11 is 0. The number of amides is 1. The zero-order valence-corrected chi connectivity index (χ0v) is 19.0. The SMILES string of the molecule is CC[C@@H](C)NS(=O)(=O)c1ccc(OCC(=O)NC(c2ccccc2)c2ccccc2)cc1. The third kappa shape index (κ3) is 6.42. The summed E-state index contributed by atoms with van der Waals surface area (Å²) in [5.74, 6) is 0.136. The summed E-state index contributed by atoms with van der Waals surface area (Å²) in [6, 6.07) is 25.0. The van der Waals surface area contributed by atoms with Crippen molar-refractivity contribution in [2.75, 3.05) is 6.61 Å². The standard InChI is InChI=1S/C25H28N2O4S/c1-3-19(2)27-32(29,30)23-16-14-22(15-17-23)31-18-24(28)26-25(20-10-6-4-7-11-20)21-12-8-5-9-13-21/h4-17,19,25,27H,3,18H2,1-2H3,(H,26,28)/t19-/m1/s1. The van der Waals surface area contributed by atoms with Gasteiger partial charge in [-0.25, -0.2) is 13.1 Å². The van der Waals surface area contributed by atoms with Gasteiger partial charge in [-0.2, -0.15) is 0 Å². The number of ether oxygens (including phenoxy) is 1. The zero-order valence-electron chi connectivity index (χ0n) is 18.2. The first-order valence-corrected chi connectivity index (χ1v) is 12.0. The fourth-order valence-corrected chi connectivity index (χ4v) is 4.46. The Bertz CT molecular complexity index is 1060. The van der Waals surface area contributed by atoms with E-state index in [4.69, 9.17) is 4.74 Å². The minimum absolute atomic E-state index is 0.151. The summed E-state index contributed by atoms with van der Waals surface area (Å²) in [6.45, 7) is 3.54. The Morgan fingerprint density at radius 1 is 0.875 bits per heavy atom. The van der Waals surface area contributed by atoms with Gasteiger partial charge < -0.3 is 10.1 Å². The van der Waals surface area contributed by atoms with Gasteiger partial charge in [-0.3, -0.25) is 4.79 Å². The summed E-state index contributed by atoms with van der Waals surface area (Å²) in [7, 11) is -3.58. The van der Waals surface area contributed by atoms with Crippen molar-refractivity contribution in [2.45, 2.75) is 37.2 Å². The molecule has 168 valence electrons. The molecule has 0 bridgehead atoms. The van der Waals surface area contributed by atoms with Crippen molar-refractivity contribution >= 4 is 15.9 Å². The highest BCUT2D eigenvalue weighted by Crippen LogP contribution is 2.22. The normalized spacial score (nSPS) is 12.3. The molecule has 3 aromatic carbocycles. The summed E-state index contributed by atoms with van der Waals surface area (Å²) in [4.78, 5) is 12.8. The highest BCUT2D eigenvalue weighted by Gasteiger charge is 2.18. The minimum atomic E-state index is -3.58. The molecule has 3 aromatic rings. The maximum Gasteiger partial charge on any atom is 0.258 e. The van der Waals surface area contributed by atoms with Gasteiger partial charge in [-0.05, 0) is 48.7 Å². The van der Waals surface area contributed by atoms with Crippen LogP contribution in [-0.2, 0) is 14.8 Å². The molecule has 0 radical (unpaired) electrons. The highest BCUT2D eigenvalue weighted by atomic mass is 32.2. The second-order valence-corrected chi connectivity index (χ2v) is 9.23. The number of carbonyl (C=O) groups is 1. The molecule has 0 aliphatic carbocycles. The van der Waals surface area contributed by atoms with Gasteiger partial charge in [0, 0.05) is 6.04 Å². The Balaban J connectivity index is 1.63. The monoisotopic (exact) mass is 452 g/mol. The molecule has 0 fully saturated rings. The molecule has 0 spiro atoms. The van der Waals surface area contributed by atoms with Crippen LogP contribution < -0.4 is 14.8 Å². The predicted molar refractivity (Wildman–Crippen MR) is 125 cm³/mol. The first-order chi connectivity index (χ1) is 15.4. The van der Waals surface area contributed by atoms with Gasteiger partial charge in [-0.15, -0.1) is 0 Å². The van der Waals surface area contributed by atoms with Crippen LogP contribution in [0.15, 0.2) is 89.8 Å². The number of nitrogens with one attached hydrogen (secondary N) is 2. The number of hydrogen-bond acceptors (Lipinski definition) is 4. The maximum atomic E-state index is 12.6. The summed E-state index contributed by atoms with van der Waals surface area (Å²) in [5.41, 5.74) is 1.94. The Labute approximate surface area is 189 Å². The van der Waals surface area contributed by atoms with Gasteiger partial charge in [0.1, 0.15) is 5.75 Å². The van der Waals surface area contributed by atoms with Crippen molar-refractivity contribution in [2.24, 2.45) is 0 Å². The van der Waals surface area contributed by atoms with E-state index in [-0.39, 0.29) is 29.5 Å². The smallest absolute Gasteiger partial charge is 0.258 e. The van der Waals surface area contributed by atoms with Gasteiger partial charge in [0.25, 0.3) is 5.91 Å². The third-order valence-electron chi connectivity index (χ3n) is 5.04. The molecule has 0 saturated carbocycles. The molecule has 0 aliphatic rings. The van der Waals surface area contributed by atoms with Crippen LogP contribution in [0.25, 0.3) is 0 Å². The van der Waals surface area contributed by atoms with Gasteiger partial charge in [-0.1, -0.05) is 67.6 Å². The second-order valence-electron chi connectivity index (χ2n) is 7.51. The van der Waals surface area contributed by atoms with E-state index in [9.17, 15) is 13.2 Å². The van der Waals surface area contributed by atoms with Crippen LogP contribution in [0.2, 0.25) is 0 Å². The Hall–Kier alpha value is -3.16. The molecule has 0 aliphatic heterocycles. The van der Waals surface area contributed by atoms with Crippen molar-refractivity contribution in [1.82, 2.24) is 10.0 Å². The topological polar surface area (TPSA) is 84.5 Å². The lowest BCUT2D eigenvalue weighted by atomic mass is 9.99. The Kier molecular flexibility index (Phi) is 8.03. The number of sulfonamides is 1. The van der Waals surface area contributed by atoms with E-state index in [1.165, 1.54) is 12.1 Å². The van der Waals surface area contributed by atoms with Gasteiger partial charge >= 0.3 is 0 Å². The molecule has 1 atom stereocenters. The highest BCUT2D eigenvalue weighted by molar-refractivity contribution is 7.89. The van der Waals surface area contributed by atoms with E-state index in [0.29, 0.717) is 12.2 Å². The van der Waals surface area contributed by atoms with Crippen LogP contribution in [0.3, 0.4) is 0 Å². The molecule has 6 nitrogen and oxygen atoms in total. The van der Waals surface area contributed by atoms with Crippen molar-refractivity contribution in [1.29, 1.82) is 0 Å². The zero-order chi connectivity index (χ0) is 23.0. The lowest BCUT2D eigenvalue weighted by Crippen LogP contribution is -2.33. The lowest BCUT2D eigenvalue weighted by Gasteiger charge is -2.20. The Morgan fingerprint density at radius 3 is 1.91 bits per heavy atom. The number of hydrogen-bond donors (Lipinski definition) is 2. The van der Waals surface area contributed by atoms with Crippen molar-refractivity contribution in [3.05, 3.63) is 96.1 Å². The number of benzene rings is 3. The quantitative estimate of drug-likeness (QED) is 0.486. The number of rotatable bonds is 10. The van der Waals surface area contributed by atoms with Crippen LogP contribution in [0.4, 0.5) is 0 Å². The van der Waals surface area contributed by atoms with E-state index < -0.39 is 10.0 Å². The molecular formula is C25H28N2O4S. The van der Waals surface area contributed by atoms with E-state index in [0.717, 1.165) is 11.1 Å². The van der Waals surface area contributed by atoms with Crippen LogP contribution in [0, 0.1) is 0 Å². The molecule has 0 heterocycles. The Morgan fingerprint density at radius 2 is 1.41 bits per heavy atom. The molecule has 7 heteroatoms. The van der Waals surface area contributed by atoms with E-state index in [1.54, 1.807) is 12.1 Å².